The van der Waals surface area contributed by atoms with Gasteiger partial charge in [0, 0.05) is 32.7 Å². The molecule has 5 nitrogen and oxygen atoms in total. The highest BCUT2D eigenvalue weighted by Crippen LogP contribution is 2.22. The molecule has 5 heteroatoms. The van der Waals surface area contributed by atoms with E-state index >= 15 is 0 Å². The summed E-state index contributed by atoms with van der Waals surface area (Å²) in [6.45, 7) is 12.1. The average Bonchev–Trinajstić information content (AvgIpc) is 2.93. The third kappa shape index (κ3) is 4.94. The summed E-state index contributed by atoms with van der Waals surface area (Å²) in [6.07, 6.45) is 2.76. The van der Waals surface area contributed by atoms with Crippen LogP contribution < -0.4 is 5.73 Å². The molecule has 2 rings (SSSR count). The van der Waals surface area contributed by atoms with Crippen molar-refractivity contribution in [1.82, 2.24) is 9.80 Å². The molecule has 2 heterocycles. The number of hydrogen-bond donors (Lipinski definition) is 1. The quantitative estimate of drug-likeness (QED) is 0.843. The van der Waals surface area contributed by atoms with Crippen molar-refractivity contribution in [2.75, 3.05) is 39.3 Å². The van der Waals surface area contributed by atoms with Gasteiger partial charge in [0.15, 0.2) is 0 Å². The van der Waals surface area contributed by atoms with Gasteiger partial charge in [0.1, 0.15) is 6.10 Å². The van der Waals surface area contributed by atoms with E-state index in [1.807, 2.05) is 4.90 Å². The van der Waals surface area contributed by atoms with Crippen molar-refractivity contribution in [3.63, 3.8) is 0 Å². The number of piperazine rings is 1. The van der Waals surface area contributed by atoms with Crippen molar-refractivity contribution in [3.8, 4) is 0 Å². The Morgan fingerprint density at radius 2 is 1.86 bits per heavy atom. The fraction of sp³-hybridized carbons (Fsp3) is 0.938. The zero-order chi connectivity index (χ0) is 15.5. The molecule has 0 saturated carbocycles. The SMILES string of the molecule is CC(C)(C)CCN1CCN(C(=O)[C@@H]2CC[C@H](CN)O2)CC1. The molecule has 0 bridgehead atoms. The van der Waals surface area contributed by atoms with Crippen molar-refractivity contribution < 1.29 is 9.53 Å². The van der Waals surface area contributed by atoms with Crippen molar-refractivity contribution in [1.29, 1.82) is 0 Å². The molecule has 0 aliphatic carbocycles. The fourth-order valence-corrected chi connectivity index (χ4v) is 2.95. The molecule has 2 atom stereocenters. The highest BCUT2D eigenvalue weighted by Gasteiger charge is 2.34. The second kappa shape index (κ2) is 7.07. The molecule has 2 aliphatic heterocycles. The smallest absolute Gasteiger partial charge is 0.251 e. The van der Waals surface area contributed by atoms with Crippen LogP contribution in [0.4, 0.5) is 0 Å². The number of hydrogen-bond acceptors (Lipinski definition) is 4. The largest absolute Gasteiger partial charge is 0.364 e. The number of nitrogens with two attached hydrogens (primary N) is 1. The Bertz CT molecular complexity index is 346. The molecule has 2 saturated heterocycles. The highest BCUT2D eigenvalue weighted by atomic mass is 16.5. The van der Waals surface area contributed by atoms with Gasteiger partial charge in [0.25, 0.3) is 5.91 Å². The van der Waals surface area contributed by atoms with E-state index in [1.54, 1.807) is 0 Å². The third-order valence-corrected chi connectivity index (χ3v) is 4.51. The molecule has 0 spiro atoms. The van der Waals surface area contributed by atoms with Gasteiger partial charge in [0.05, 0.1) is 6.10 Å². The Balaban J connectivity index is 1.72. The maximum Gasteiger partial charge on any atom is 0.251 e. The second-order valence-electron chi connectivity index (χ2n) is 7.54. The molecule has 0 aromatic heterocycles. The lowest BCUT2D eigenvalue weighted by atomic mass is 9.92. The van der Waals surface area contributed by atoms with Crippen molar-refractivity contribution in [2.45, 2.75) is 52.2 Å². The topological polar surface area (TPSA) is 58.8 Å². The van der Waals surface area contributed by atoms with Crippen molar-refractivity contribution >= 4 is 5.91 Å². The first-order valence-electron chi connectivity index (χ1n) is 8.26. The maximum atomic E-state index is 12.4. The van der Waals surface area contributed by atoms with E-state index in [2.05, 4.69) is 25.7 Å². The Labute approximate surface area is 128 Å². The van der Waals surface area contributed by atoms with Crippen molar-refractivity contribution in [3.05, 3.63) is 0 Å². The van der Waals surface area contributed by atoms with E-state index in [9.17, 15) is 4.79 Å². The predicted molar refractivity (Wildman–Crippen MR) is 84.0 cm³/mol. The monoisotopic (exact) mass is 297 g/mol. The van der Waals surface area contributed by atoms with E-state index in [0.717, 1.165) is 45.6 Å². The number of rotatable bonds is 4. The van der Waals surface area contributed by atoms with Crippen molar-refractivity contribution in [2.24, 2.45) is 11.1 Å². The standard InChI is InChI=1S/C16H31N3O2/c1-16(2,3)6-7-18-8-10-19(11-9-18)15(20)14-5-4-13(12-17)21-14/h13-14H,4-12,17H2,1-3H3/t13-,14+/m1/s1. The van der Waals surface area contributed by atoms with Crippen LogP contribution in [-0.2, 0) is 9.53 Å². The van der Waals surface area contributed by atoms with Gasteiger partial charge < -0.3 is 15.4 Å². The van der Waals surface area contributed by atoms with Gasteiger partial charge in [-0.2, -0.15) is 0 Å². The summed E-state index contributed by atoms with van der Waals surface area (Å²) in [5.41, 5.74) is 5.98. The Kier molecular flexibility index (Phi) is 5.63. The van der Waals surface area contributed by atoms with Crippen LogP contribution in [0.3, 0.4) is 0 Å². The fourth-order valence-electron chi connectivity index (χ4n) is 2.95. The first-order valence-corrected chi connectivity index (χ1v) is 8.26. The van der Waals surface area contributed by atoms with E-state index in [4.69, 9.17) is 10.5 Å². The lowest BCUT2D eigenvalue weighted by molar-refractivity contribution is -0.144. The Hall–Kier alpha value is -0.650. The van der Waals surface area contributed by atoms with Crippen LogP contribution in [0.2, 0.25) is 0 Å². The summed E-state index contributed by atoms with van der Waals surface area (Å²) < 4.78 is 5.71. The second-order valence-corrected chi connectivity index (χ2v) is 7.54. The number of ether oxygens (including phenoxy) is 1. The number of nitrogens with zero attached hydrogens (tertiary/aromatic N) is 2. The molecular weight excluding hydrogens is 266 g/mol. The maximum absolute atomic E-state index is 12.4. The van der Waals surface area contributed by atoms with E-state index in [-0.39, 0.29) is 18.1 Å². The Morgan fingerprint density at radius 1 is 1.19 bits per heavy atom. The average molecular weight is 297 g/mol. The van der Waals surface area contributed by atoms with Crippen LogP contribution in [0.5, 0.6) is 0 Å². The zero-order valence-corrected chi connectivity index (χ0v) is 13.8. The van der Waals surface area contributed by atoms with Crippen LogP contribution in [-0.4, -0.2) is 67.2 Å². The molecule has 1 amide bonds. The van der Waals surface area contributed by atoms with Crippen LogP contribution in [0.15, 0.2) is 0 Å². The van der Waals surface area contributed by atoms with E-state index < -0.39 is 0 Å². The molecule has 21 heavy (non-hydrogen) atoms. The van der Waals surface area contributed by atoms with Crippen LogP contribution in [0, 0.1) is 5.41 Å². The molecule has 2 aliphatic rings. The molecule has 0 aromatic rings. The first-order chi connectivity index (χ1) is 9.89. The lowest BCUT2D eigenvalue weighted by Crippen LogP contribution is -2.51. The highest BCUT2D eigenvalue weighted by molar-refractivity contribution is 5.81. The molecule has 0 aromatic carbocycles. The van der Waals surface area contributed by atoms with Crippen LogP contribution in [0.25, 0.3) is 0 Å². The minimum atomic E-state index is -0.250. The normalized spacial score (nSPS) is 28.1. The van der Waals surface area contributed by atoms with E-state index in [0.29, 0.717) is 12.0 Å². The molecule has 2 N–H and O–H groups in total. The van der Waals surface area contributed by atoms with Gasteiger partial charge in [-0.15, -0.1) is 0 Å². The van der Waals surface area contributed by atoms with Gasteiger partial charge in [-0.1, -0.05) is 20.8 Å². The minimum Gasteiger partial charge on any atom is -0.364 e. The number of carbonyl (C=O) groups is 1. The number of amides is 1. The summed E-state index contributed by atoms with van der Waals surface area (Å²) in [4.78, 5) is 16.9. The van der Waals surface area contributed by atoms with Gasteiger partial charge in [0.2, 0.25) is 0 Å². The van der Waals surface area contributed by atoms with Crippen LogP contribution in [0.1, 0.15) is 40.0 Å². The van der Waals surface area contributed by atoms with Gasteiger partial charge in [-0.3, -0.25) is 9.69 Å². The first kappa shape index (κ1) is 16.7. The number of carbonyl (C=O) groups excluding carboxylic acids is 1. The zero-order valence-electron chi connectivity index (χ0n) is 13.8. The molecular formula is C16H31N3O2. The summed E-state index contributed by atoms with van der Waals surface area (Å²) in [5, 5.41) is 0. The molecule has 0 unspecified atom stereocenters. The molecule has 0 radical (unpaired) electrons. The lowest BCUT2D eigenvalue weighted by Gasteiger charge is -2.36. The summed E-state index contributed by atoms with van der Waals surface area (Å²) in [7, 11) is 0. The van der Waals surface area contributed by atoms with E-state index in [1.165, 1.54) is 6.42 Å². The summed E-state index contributed by atoms with van der Waals surface area (Å²) in [6, 6.07) is 0. The van der Waals surface area contributed by atoms with Gasteiger partial charge in [-0.25, -0.2) is 0 Å². The Morgan fingerprint density at radius 3 is 2.38 bits per heavy atom. The van der Waals surface area contributed by atoms with Gasteiger partial charge >= 0.3 is 0 Å². The van der Waals surface area contributed by atoms with Crippen LogP contribution >= 0.6 is 0 Å². The predicted octanol–water partition coefficient (Wildman–Crippen LogP) is 1.07. The van der Waals surface area contributed by atoms with Gasteiger partial charge in [-0.05, 0) is 31.2 Å². The summed E-state index contributed by atoms with van der Waals surface area (Å²) in [5.74, 6) is 0.168. The molecule has 2 fully saturated rings. The summed E-state index contributed by atoms with van der Waals surface area (Å²) >= 11 is 0. The minimum absolute atomic E-state index is 0.0759. The molecule has 122 valence electrons. The third-order valence-electron chi connectivity index (χ3n) is 4.51.